The predicted octanol–water partition coefficient (Wildman–Crippen LogP) is 14.5. The summed E-state index contributed by atoms with van der Waals surface area (Å²) >= 11 is 0. The molecule has 0 aliphatic heterocycles. The molecule has 0 radical (unpaired) electrons. The van der Waals surface area contributed by atoms with Crippen LogP contribution in [0.5, 0.6) is 0 Å². The van der Waals surface area contributed by atoms with Crippen LogP contribution in [0.1, 0.15) is 317 Å². The Labute approximate surface area is 448 Å². The number of hydrogen-bond acceptors (Lipinski definition) is 9. The summed E-state index contributed by atoms with van der Waals surface area (Å²) in [5.41, 5.74) is 0. The predicted molar refractivity (Wildman–Crippen MR) is 301 cm³/mol. The van der Waals surface area contributed by atoms with E-state index in [1.807, 2.05) is 0 Å². The molecule has 0 aromatic rings. The second-order valence-electron chi connectivity index (χ2n) is 21.5. The van der Waals surface area contributed by atoms with Crippen molar-refractivity contribution in [3.63, 3.8) is 0 Å². The number of esters is 2. The Balaban J connectivity index is 5.16. The van der Waals surface area contributed by atoms with Crippen molar-refractivity contribution in [2.75, 3.05) is 19.8 Å². The molecule has 0 aromatic carbocycles. The van der Waals surface area contributed by atoms with Crippen molar-refractivity contribution in [3.05, 3.63) is 0 Å². The molecule has 430 valence electrons. The van der Waals surface area contributed by atoms with E-state index in [0.29, 0.717) is 38.5 Å². The van der Waals surface area contributed by atoms with Gasteiger partial charge in [0.15, 0.2) is 0 Å². The van der Waals surface area contributed by atoms with Crippen molar-refractivity contribution in [2.24, 2.45) is 0 Å². The van der Waals surface area contributed by atoms with E-state index in [0.717, 1.165) is 77.0 Å². The van der Waals surface area contributed by atoms with Crippen molar-refractivity contribution in [2.45, 2.75) is 341 Å². The molecule has 0 aromatic heterocycles. The molecule has 0 bridgehead atoms. The summed E-state index contributed by atoms with van der Waals surface area (Å²) in [6.07, 6.45) is 43.5. The van der Waals surface area contributed by atoms with Crippen molar-refractivity contribution in [3.8, 4) is 0 Å². The standard InChI is InChI=1S/C61H117N3O9/c1-5-9-13-17-21-25-29-33-37-43-54(72-59(69)45-39-35-31-27-23-19-15-11-7-3)50-57(67)63-53(52-66)42-41-48-62-61(71)56(47-49-65)64-58(68)51-55(44-38-34-30-26-22-18-14-10-6-2)73-60(70)46-40-36-32-28-24-20-16-12-8-4/h53-56,65-66H,5-52H2,1-4H3,(H,62,71)(H,63,67)(H,64,68)/t53-,54-,55-,56+/m1/s1. The van der Waals surface area contributed by atoms with Gasteiger partial charge < -0.3 is 35.6 Å². The number of aliphatic hydroxyl groups is 2. The van der Waals surface area contributed by atoms with Crippen LogP contribution in [0, 0.1) is 0 Å². The van der Waals surface area contributed by atoms with E-state index in [-0.39, 0.29) is 56.9 Å². The lowest BCUT2D eigenvalue weighted by Crippen LogP contribution is -2.48. The molecule has 0 rings (SSSR count). The highest BCUT2D eigenvalue weighted by Gasteiger charge is 2.25. The van der Waals surface area contributed by atoms with Crippen LogP contribution < -0.4 is 16.0 Å². The summed E-state index contributed by atoms with van der Waals surface area (Å²) in [5.74, 6) is -1.66. The molecule has 0 fully saturated rings. The summed E-state index contributed by atoms with van der Waals surface area (Å²) in [7, 11) is 0. The van der Waals surface area contributed by atoms with Gasteiger partial charge in [0.25, 0.3) is 0 Å². The summed E-state index contributed by atoms with van der Waals surface area (Å²) in [6, 6.07) is -1.52. The summed E-state index contributed by atoms with van der Waals surface area (Å²) < 4.78 is 11.8. The van der Waals surface area contributed by atoms with E-state index < -0.39 is 36.1 Å². The highest BCUT2D eigenvalue weighted by atomic mass is 16.5. The molecule has 0 saturated carbocycles. The van der Waals surface area contributed by atoms with Crippen LogP contribution in [0.15, 0.2) is 0 Å². The number of carbonyl (C=O) groups excluding carboxylic acids is 5. The zero-order chi connectivity index (χ0) is 53.7. The first-order valence-electron chi connectivity index (χ1n) is 31.1. The third kappa shape index (κ3) is 47.5. The quantitative estimate of drug-likeness (QED) is 0.0293. The van der Waals surface area contributed by atoms with Gasteiger partial charge in [-0.1, -0.05) is 233 Å². The first-order chi connectivity index (χ1) is 35.6. The largest absolute Gasteiger partial charge is 0.462 e. The number of amides is 3. The Morgan fingerprint density at radius 1 is 0.384 bits per heavy atom. The number of unbranched alkanes of at least 4 members (excludes halogenated alkanes) is 32. The fourth-order valence-electron chi connectivity index (χ4n) is 9.66. The molecular formula is C61H117N3O9. The van der Waals surface area contributed by atoms with Gasteiger partial charge in [0, 0.05) is 26.0 Å². The van der Waals surface area contributed by atoms with E-state index >= 15 is 0 Å². The highest BCUT2D eigenvalue weighted by molar-refractivity contribution is 5.87. The number of rotatable bonds is 56. The Bertz CT molecular complexity index is 1290. The molecule has 0 heterocycles. The van der Waals surface area contributed by atoms with Crippen LogP contribution in [0.25, 0.3) is 0 Å². The number of aliphatic hydroxyl groups excluding tert-OH is 2. The highest BCUT2D eigenvalue weighted by Crippen LogP contribution is 2.19. The zero-order valence-electron chi connectivity index (χ0n) is 48.0. The number of hydrogen-bond donors (Lipinski definition) is 5. The zero-order valence-corrected chi connectivity index (χ0v) is 48.0. The van der Waals surface area contributed by atoms with Gasteiger partial charge in [0.05, 0.1) is 25.5 Å². The van der Waals surface area contributed by atoms with E-state index in [1.165, 1.54) is 154 Å². The third-order valence-corrected chi connectivity index (χ3v) is 14.3. The second kappa shape index (κ2) is 54.1. The van der Waals surface area contributed by atoms with Crippen molar-refractivity contribution >= 4 is 29.7 Å². The molecule has 0 unspecified atom stereocenters. The average Bonchev–Trinajstić information content (AvgIpc) is 3.37. The Hall–Kier alpha value is -2.73. The average molecular weight is 1040 g/mol. The fourth-order valence-corrected chi connectivity index (χ4v) is 9.66. The van der Waals surface area contributed by atoms with Gasteiger partial charge in [-0.05, 0) is 57.8 Å². The van der Waals surface area contributed by atoms with Crippen molar-refractivity contribution in [1.82, 2.24) is 16.0 Å². The molecule has 3 amide bonds. The summed E-state index contributed by atoms with van der Waals surface area (Å²) in [5, 5.41) is 28.6. The molecule has 0 aliphatic rings. The fraction of sp³-hybridized carbons (Fsp3) is 0.918. The lowest BCUT2D eigenvalue weighted by atomic mass is 10.0. The van der Waals surface area contributed by atoms with Gasteiger partial charge in [-0.15, -0.1) is 0 Å². The Morgan fingerprint density at radius 3 is 1.05 bits per heavy atom. The van der Waals surface area contributed by atoms with Gasteiger partial charge in [-0.25, -0.2) is 0 Å². The molecule has 0 aliphatic carbocycles. The SMILES string of the molecule is CCCCCCCCCCCC(=O)O[C@H](CCCCCCCCCCC)CC(=O)N[C@@H](CO)CCCNC(=O)[C@H](CCO)NC(=O)C[C@@H](CCCCCCCCCCC)OC(=O)CCCCCCCCCCC. The molecular weight excluding hydrogens is 919 g/mol. The maximum atomic E-state index is 13.4. The molecule has 0 saturated heterocycles. The normalized spacial score (nSPS) is 13.0. The van der Waals surface area contributed by atoms with Crippen LogP contribution in [0.2, 0.25) is 0 Å². The van der Waals surface area contributed by atoms with Crippen LogP contribution in [0.3, 0.4) is 0 Å². The molecule has 0 spiro atoms. The van der Waals surface area contributed by atoms with Crippen molar-refractivity contribution < 1.29 is 43.7 Å². The maximum absolute atomic E-state index is 13.4. The van der Waals surface area contributed by atoms with Gasteiger partial charge in [-0.2, -0.15) is 0 Å². The van der Waals surface area contributed by atoms with Gasteiger partial charge in [0.1, 0.15) is 18.2 Å². The Kier molecular flexibility index (Phi) is 52.1. The third-order valence-electron chi connectivity index (χ3n) is 14.3. The molecule has 12 heteroatoms. The summed E-state index contributed by atoms with van der Waals surface area (Å²) in [6.45, 7) is 8.55. The topological polar surface area (TPSA) is 180 Å². The second-order valence-corrected chi connectivity index (χ2v) is 21.5. The molecule has 12 nitrogen and oxygen atoms in total. The van der Waals surface area contributed by atoms with Crippen LogP contribution >= 0.6 is 0 Å². The van der Waals surface area contributed by atoms with Crippen LogP contribution in [-0.4, -0.2) is 83.9 Å². The van der Waals surface area contributed by atoms with Crippen LogP contribution in [0.4, 0.5) is 0 Å². The number of carbonyl (C=O) groups is 5. The lowest BCUT2D eigenvalue weighted by molar-refractivity contribution is -0.152. The first-order valence-corrected chi connectivity index (χ1v) is 31.1. The number of nitrogens with one attached hydrogen (secondary N) is 3. The smallest absolute Gasteiger partial charge is 0.306 e. The lowest BCUT2D eigenvalue weighted by Gasteiger charge is -2.22. The van der Waals surface area contributed by atoms with E-state index in [9.17, 15) is 34.2 Å². The molecule has 73 heavy (non-hydrogen) atoms. The van der Waals surface area contributed by atoms with Crippen LogP contribution in [-0.2, 0) is 33.4 Å². The van der Waals surface area contributed by atoms with Gasteiger partial charge >= 0.3 is 11.9 Å². The first kappa shape index (κ1) is 70.3. The minimum atomic E-state index is -0.970. The minimum absolute atomic E-state index is 0.0260. The maximum Gasteiger partial charge on any atom is 0.306 e. The molecule has 5 N–H and O–H groups in total. The monoisotopic (exact) mass is 1040 g/mol. The number of ether oxygens (including phenoxy) is 2. The minimum Gasteiger partial charge on any atom is -0.462 e. The summed E-state index contributed by atoms with van der Waals surface area (Å²) in [4.78, 5) is 65.9. The van der Waals surface area contributed by atoms with Gasteiger partial charge in [0.2, 0.25) is 17.7 Å². The van der Waals surface area contributed by atoms with Crippen molar-refractivity contribution in [1.29, 1.82) is 0 Å². The van der Waals surface area contributed by atoms with Gasteiger partial charge in [-0.3, -0.25) is 24.0 Å². The van der Waals surface area contributed by atoms with E-state index in [1.54, 1.807) is 0 Å². The van der Waals surface area contributed by atoms with E-state index in [4.69, 9.17) is 9.47 Å². The van der Waals surface area contributed by atoms with E-state index in [2.05, 4.69) is 43.6 Å². The Morgan fingerprint density at radius 2 is 0.712 bits per heavy atom. The molecule has 4 atom stereocenters.